The van der Waals surface area contributed by atoms with Crippen LogP contribution in [0.1, 0.15) is 10.5 Å². The van der Waals surface area contributed by atoms with E-state index in [9.17, 15) is 18.0 Å². The number of hydrogen-bond acceptors (Lipinski definition) is 5. The number of aliphatic hydroxyl groups excluding tert-OH is 1. The fourth-order valence-corrected chi connectivity index (χ4v) is 2.58. The standard InChI is InChI=1S/C15H14F3N3O2S/c16-15(17,18)12(22)8-21-14(23)13-11(19)6-10(7-20-13)24-9-4-2-1-3-5-9/h1-7,12,22H,8,19H2,(H,21,23). The molecule has 9 heteroatoms. The molecular formula is C15H14F3N3O2S. The van der Waals surface area contributed by atoms with Crippen LogP contribution in [0, 0.1) is 0 Å². The monoisotopic (exact) mass is 357 g/mol. The van der Waals surface area contributed by atoms with Crippen LogP contribution in [0.2, 0.25) is 0 Å². The van der Waals surface area contributed by atoms with E-state index in [0.29, 0.717) is 4.90 Å². The predicted octanol–water partition coefficient (Wildman–Crippen LogP) is 2.47. The summed E-state index contributed by atoms with van der Waals surface area (Å²) in [5.41, 5.74) is 5.59. The number of nitrogens with zero attached hydrogens (tertiary/aromatic N) is 1. The van der Waals surface area contributed by atoms with Crippen LogP contribution in [-0.2, 0) is 0 Å². The highest BCUT2D eigenvalue weighted by Gasteiger charge is 2.38. The Morgan fingerprint density at radius 1 is 1.29 bits per heavy atom. The van der Waals surface area contributed by atoms with E-state index in [4.69, 9.17) is 10.8 Å². The molecule has 1 heterocycles. The maximum atomic E-state index is 12.2. The zero-order valence-electron chi connectivity index (χ0n) is 12.2. The van der Waals surface area contributed by atoms with Gasteiger partial charge in [0.05, 0.1) is 12.2 Å². The van der Waals surface area contributed by atoms with Crippen molar-refractivity contribution >= 4 is 23.4 Å². The molecule has 0 aliphatic heterocycles. The second kappa shape index (κ2) is 7.54. The number of anilines is 1. The molecule has 2 rings (SSSR count). The van der Waals surface area contributed by atoms with Crippen molar-refractivity contribution in [2.45, 2.75) is 22.1 Å². The SMILES string of the molecule is Nc1cc(Sc2ccccc2)cnc1C(=O)NCC(O)C(F)(F)F. The molecule has 1 atom stereocenters. The summed E-state index contributed by atoms with van der Waals surface area (Å²) in [6.07, 6.45) is -6.04. The lowest BCUT2D eigenvalue weighted by atomic mass is 10.2. The van der Waals surface area contributed by atoms with Gasteiger partial charge < -0.3 is 16.2 Å². The number of alkyl halides is 3. The van der Waals surface area contributed by atoms with E-state index < -0.39 is 24.7 Å². The third-order valence-electron chi connectivity index (χ3n) is 2.92. The smallest absolute Gasteiger partial charge is 0.397 e. The van der Waals surface area contributed by atoms with Gasteiger partial charge in [-0.15, -0.1) is 0 Å². The predicted molar refractivity (Wildman–Crippen MR) is 83.6 cm³/mol. The number of nitrogens with one attached hydrogen (secondary N) is 1. The van der Waals surface area contributed by atoms with Gasteiger partial charge in [0.2, 0.25) is 0 Å². The third kappa shape index (κ3) is 4.87. The van der Waals surface area contributed by atoms with Crippen molar-refractivity contribution in [1.82, 2.24) is 10.3 Å². The molecule has 24 heavy (non-hydrogen) atoms. The molecular weight excluding hydrogens is 343 g/mol. The molecule has 0 fully saturated rings. The number of carbonyl (C=O) groups is 1. The fourth-order valence-electron chi connectivity index (χ4n) is 1.72. The molecule has 0 radical (unpaired) electrons. The van der Waals surface area contributed by atoms with Crippen LogP contribution >= 0.6 is 11.8 Å². The van der Waals surface area contributed by atoms with Crippen LogP contribution in [-0.4, -0.2) is 34.8 Å². The van der Waals surface area contributed by atoms with Crippen LogP contribution in [0.25, 0.3) is 0 Å². The normalized spacial score (nSPS) is 12.7. The summed E-state index contributed by atoms with van der Waals surface area (Å²) in [5, 5.41) is 10.8. The molecule has 5 nitrogen and oxygen atoms in total. The first-order valence-electron chi connectivity index (χ1n) is 6.79. The average molecular weight is 357 g/mol. The van der Waals surface area contributed by atoms with E-state index in [0.717, 1.165) is 4.90 Å². The maximum absolute atomic E-state index is 12.2. The van der Waals surface area contributed by atoms with E-state index in [1.807, 2.05) is 35.6 Å². The lowest BCUT2D eigenvalue weighted by Gasteiger charge is -2.15. The van der Waals surface area contributed by atoms with Gasteiger partial charge in [-0.2, -0.15) is 13.2 Å². The number of nitrogen functional groups attached to an aromatic ring is 1. The van der Waals surface area contributed by atoms with Crippen LogP contribution in [0.4, 0.5) is 18.9 Å². The van der Waals surface area contributed by atoms with Crippen LogP contribution < -0.4 is 11.1 Å². The molecule has 2 aromatic rings. The molecule has 1 unspecified atom stereocenters. The largest absolute Gasteiger partial charge is 0.416 e. The number of nitrogens with two attached hydrogens (primary N) is 1. The molecule has 4 N–H and O–H groups in total. The lowest BCUT2D eigenvalue weighted by Crippen LogP contribution is -2.41. The van der Waals surface area contributed by atoms with Crippen molar-refractivity contribution in [3.05, 3.63) is 48.3 Å². The van der Waals surface area contributed by atoms with Gasteiger partial charge in [0.15, 0.2) is 11.8 Å². The van der Waals surface area contributed by atoms with Crippen molar-refractivity contribution in [2.24, 2.45) is 0 Å². The van der Waals surface area contributed by atoms with Gasteiger partial charge in [0.25, 0.3) is 5.91 Å². The molecule has 128 valence electrons. The quantitative estimate of drug-likeness (QED) is 0.765. The zero-order chi connectivity index (χ0) is 17.7. The molecule has 1 aromatic carbocycles. The molecule has 0 bridgehead atoms. The molecule has 0 spiro atoms. The Morgan fingerprint density at radius 3 is 2.54 bits per heavy atom. The fraction of sp³-hybridized carbons (Fsp3) is 0.200. The Labute approximate surface area is 140 Å². The Morgan fingerprint density at radius 2 is 1.96 bits per heavy atom. The minimum atomic E-state index is -4.80. The van der Waals surface area contributed by atoms with E-state index in [-0.39, 0.29) is 11.4 Å². The van der Waals surface area contributed by atoms with Crippen molar-refractivity contribution in [3.8, 4) is 0 Å². The first-order chi connectivity index (χ1) is 11.3. The van der Waals surface area contributed by atoms with Gasteiger partial charge in [0.1, 0.15) is 0 Å². The van der Waals surface area contributed by atoms with Gasteiger partial charge in [-0.1, -0.05) is 30.0 Å². The van der Waals surface area contributed by atoms with Gasteiger partial charge in [0, 0.05) is 16.0 Å². The molecule has 0 aliphatic rings. The summed E-state index contributed by atoms with van der Waals surface area (Å²) >= 11 is 1.38. The van der Waals surface area contributed by atoms with Gasteiger partial charge in [-0.25, -0.2) is 4.98 Å². The highest BCUT2D eigenvalue weighted by Crippen LogP contribution is 2.28. The first-order valence-corrected chi connectivity index (χ1v) is 7.60. The number of aliphatic hydroxyl groups is 1. The minimum absolute atomic E-state index is 0.0370. The zero-order valence-corrected chi connectivity index (χ0v) is 13.1. The molecule has 1 amide bonds. The van der Waals surface area contributed by atoms with Crippen LogP contribution in [0.5, 0.6) is 0 Å². The number of benzene rings is 1. The summed E-state index contributed by atoms with van der Waals surface area (Å²) in [4.78, 5) is 17.4. The van der Waals surface area contributed by atoms with Crippen LogP contribution in [0.3, 0.4) is 0 Å². The molecule has 0 saturated heterocycles. The lowest BCUT2D eigenvalue weighted by molar-refractivity contribution is -0.201. The van der Waals surface area contributed by atoms with E-state index in [2.05, 4.69) is 4.98 Å². The van der Waals surface area contributed by atoms with E-state index in [1.54, 1.807) is 0 Å². The number of pyridine rings is 1. The number of carbonyl (C=O) groups excluding carboxylic acids is 1. The summed E-state index contributed by atoms with van der Waals surface area (Å²) in [5.74, 6) is -0.882. The van der Waals surface area contributed by atoms with E-state index >= 15 is 0 Å². The van der Waals surface area contributed by atoms with Gasteiger partial charge in [-0.05, 0) is 18.2 Å². The third-order valence-corrected chi connectivity index (χ3v) is 3.89. The van der Waals surface area contributed by atoms with E-state index in [1.165, 1.54) is 24.0 Å². The van der Waals surface area contributed by atoms with Crippen molar-refractivity contribution in [3.63, 3.8) is 0 Å². The number of aromatic nitrogens is 1. The Bertz CT molecular complexity index is 711. The van der Waals surface area contributed by atoms with Crippen molar-refractivity contribution < 1.29 is 23.1 Å². The molecule has 0 aliphatic carbocycles. The Hall–Kier alpha value is -2.26. The van der Waals surface area contributed by atoms with Crippen LogP contribution in [0.15, 0.2) is 52.4 Å². The second-order valence-corrected chi connectivity index (χ2v) is 5.94. The van der Waals surface area contributed by atoms with Crippen molar-refractivity contribution in [1.29, 1.82) is 0 Å². The number of amides is 1. The first kappa shape index (κ1) is 18.1. The average Bonchev–Trinajstić information content (AvgIpc) is 2.52. The highest BCUT2D eigenvalue weighted by molar-refractivity contribution is 7.99. The minimum Gasteiger partial charge on any atom is -0.397 e. The van der Waals surface area contributed by atoms with Gasteiger partial charge in [-0.3, -0.25) is 4.79 Å². The second-order valence-electron chi connectivity index (χ2n) is 4.79. The van der Waals surface area contributed by atoms with Crippen molar-refractivity contribution in [2.75, 3.05) is 12.3 Å². The Balaban J connectivity index is 2.02. The summed E-state index contributed by atoms with van der Waals surface area (Å²) in [6, 6.07) is 10.9. The topological polar surface area (TPSA) is 88.2 Å². The Kier molecular flexibility index (Phi) is 5.68. The molecule has 0 saturated carbocycles. The number of halogens is 3. The number of hydrogen-bond donors (Lipinski definition) is 3. The summed E-state index contributed by atoms with van der Waals surface area (Å²) in [7, 11) is 0. The summed E-state index contributed by atoms with van der Waals surface area (Å²) in [6.45, 7) is -0.968. The van der Waals surface area contributed by atoms with Gasteiger partial charge >= 0.3 is 6.18 Å². The maximum Gasteiger partial charge on any atom is 0.416 e. The highest BCUT2D eigenvalue weighted by atomic mass is 32.2. The number of rotatable bonds is 5. The summed E-state index contributed by atoms with van der Waals surface area (Å²) < 4.78 is 36.6. The molecule has 1 aromatic heterocycles.